The number of amides is 1. The molecule has 2 rings (SSSR count). The average Bonchev–Trinajstić information content (AvgIpc) is 2.54. The van der Waals surface area contributed by atoms with Gasteiger partial charge in [-0.2, -0.15) is 4.72 Å². The number of halogens is 1. The largest absolute Gasteiger partial charge is 0.358 e. The Hall–Kier alpha value is -1.89. The number of carbonyl (C=O) groups excluding carboxylic acids is 1. The van der Waals surface area contributed by atoms with Gasteiger partial charge in [0, 0.05) is 12.1 Å². The van der Waals surface area contributed by atoms with Crippen molar-refractivity contribution < 1.29 is 13.2 Å². The summed E-state index contributed by atoms with van der Waals surface area (Å²) < 4.78 is 27.3. The Morgan fingerprint density at radius 2 is 1.70 bits per heavy atom. The molecule has 0 spiro atoms. The van der Waals surface area contributed by atoms with Crippen LogP contribution in [0.2, 0.25) is 5.02 Å². The summed E-state index contributed by atoms with van der Waals surface area (Å²) in [4.78, 5) is 12.1. The number of carbonyl (C=O) groups is 1. The van der Waals surface area contributed by atoms with E-state index in [0.717, 1.165) is 5.56 Å². The molecule has 0 saturated heterocycles. The molecule has 1 unspecified atom stereocenters. The first kappa shape index (κ1) is 17.5. The van der Waals surface area contributed by atoms with E-state index in [1.54, 1.807) is 0 Å². The standard InChI is InChI=1S/C16H17ClN2O3S/c1-18-16(20)15(11-12-5-3-2-4-6-12)19-23(21,22)14-9-7-13(17)8-10-14/h2-10,15,19H,11H2,1H3,(H,18,20). The van der Waals surface area contributed by atoms with Gasteiger partial charge in [0.15, 0.2) is 0 Å². The second-order valence-electron chi connectivity index (χ2n) is 4.93. The molecule has 5 nitrogen and oxygen atoms in total. The zero-order valence-corrected chi connectivity index (χ0v) is 14.1. The van der Waals surface area contributed by atoms with Crippen LogP contribution in [0.15, 0.2) is 59.5 Å². The molecule has 1 amide bonds. The Labute approximate surface area is 140 Å². The van der Waals surface area contributed by atoms with Gasteiger partial charge in [-0.1, -0.05) is 41.9 Å². The van der Waals surface area contributed by atoms with E-state index in [2.05, 4.69) is 10.0 Å². The number of sulfonamides is 1. The lowest BCUT2D eigenvalue weighted by molar-refractivity contribution is -0.122. The fraction of sp³-hybridized carbons (Fsp3) is 0.188. The van der Waals surface area contributed by atoms with Crippen LogP contribution in [-0.2, 0) is 21.2 Å². The third-order valence-corrected chi connectivity index (χ3v) is 5.01. The Kier molecular flexibility index (Phi) is 5.76. The molecule has 0 saturated carbocycles. The Balaban J connectivity index is 2.23. The molecule has 0 aliphatic carbocycles. The van der Waals surface area contributed by atoms with Crippen LogP contribution < -0.4 is 10.0 Å². The predicted molar refractivity (Wildman–Crippen MR) is 89.8 cm³/mol. The van der Waals surface area contributed by atoms with E-state index in [1.165, 1.54) is 31.3 Å². The highest BCUT2D eigenvalue weighted by molar-refractivity contribution is 7.89. The number of likely N-dealkylation sites (N-methyl/N-ethyl adjacent to an activating group) is 1. The minimum absolute atomic E-state index is 0.0591. The van der Waals surface area contributed by atoms with Crippen LogP contribution in [0.5, 0.6) is 0 Å². The van der Waals surface area contributed by atoms with Gasteiger partial charge in [0.2, 0.25) is 15.9 Å². The van der Waals surface area contributed by atoms with Gasteiger partial charge >= 0.3 is 0 Å². The molecule has 0 radical (unpaired) electrons. The van der Waals surface area contributed by atoms with Crippen LogP contribution in [0.25, 0.3) is 0 Å². The monoisotopic (exact) mass is 352 g/mol. The van der Waals surface area contributed by atoms with Crippen molar-refractivity contribution in [2.45, 2.75) is 17.4 Å². The van der Waals surface area contributed by atoms with Gasteiger partial charge in [-0.3, -0.25) is 4.79 Å². The normalized spacial score (nSPS) is 12.6. The summed E-state index contributed by atoms with van der Waals surface area (Å²) in [6, 6.07) is 14.1. The van der Waals surface area contributed by atoms with E-state index in [9.17, 15) is 13.2 Å². The number of hydrogen-bond donors (Lipinski definition) is 2. The van der Waals surface area contributed by atoms with E-state index in [-0.39, 0.29) is 11.3 Å². The van der Waals surface area contributed by atoms with Crippen LogP contribution in [0, 0.1) is 0 Å². The lowest BCUT2D eigenvalue weighted by Crippen LogP contribution is -2.46. The SMILES string of the molecule is CNC(=O)C(Cc1ccccc1)NS(=O)(=O)c1ccc(Cl)cc1. The highest BCUT2D eigenvalue weighted by Gasteiger charge is 2.25. The Morgan fingerprint density at radius 3 is 2.26 bits per heavy atom. The van der Waals surface area contributed by atoms with E-state index in [0.29, 0.717) is 5.02 Å². The highest BCUT2D eigenvalue weighted by atomic mass is 35.5. The summed E-state index contributed by atoms with van der Waals surface area (Å²) in [5.74, 6) is -0.397. The third kappa shape index (κ3) is 4.79. The third-order valence-electron chi connectivity index (χ3n) is 3.27. The van der Waals surface area contributed by atoms with Gasteiger partial charge in [-0.05, 0) is 36.2 Å². The molecule has 0 fully saturated rings. The van der Waals surface area contributed by atoms with Gasteiger partial charge in [-0.15, -0.1) is 0 Å². The fourth-order valence-electron chi connectivity index (χ4n) is 2.08. The molecular formula is C16H17ClN2O3S. The summed E-state index contributed by atoms with van der Waals surface area (Å²) in [6.07, 6.45) is 0.257. The van der Waals surface area contributed by atoms with Gasteiger partial charge in [0.1, 0.15) is 6.04 Å². The molecule has 0 aliphatic rings. The predicted octanol–water partition coefficient (Wildman–Crippen LogP) is 1.98. The maximum Gasteiger partial charge on any atom is 0.241 e. The maximum atomic E-state index is 12.4. The van der Waals surface area contributed by atoms with E-state index < -0.39 is 22.0 Å². The molecule has 0 heterocycles. The summed E-state index contributed by atoms with van der Waals surface area (Å²) in [6.45, 7) is 0. The van der Waals surface area contributed by atoms with E-state index in [4.69, 9.17) is 11.6 Å². The molecule has 2 N–H and O–H groups in total. The first-order valence-corrected chi connectivity index (χ1v) is 8.82. The minimum atomic E-state index is -3.82. The van der Waals surface area contributed by atoms with E-state index >= 15 is 0 Å². The van der Waals surface area contributed by atoms with Crippen molar-refractivity contribution in [2.75, 3.05) is 7.05 Å². The zero-order valence-electron chi connectivity index (χ0n) is 12.5. The second kappa shape index (κ2) is 7.59. The van der Waals surface area contributed by atoms with Gasteiger partial charge in [0.05, 0.1) is 4.90 Å². The van der Waals surface area contributed by atoms with Crippen LogP contribution in [-0.4, -0.2) is 27.4 Å². The van der Waals surface area contributed by atoms with Crippen molar-refractivity contribution in [2.24, 2.45) is 0 Å². The zero-order chi connectivity index (χ0) is 16.9. The first-order valence-electron chi connectivity index (χ1n) is 6.96. The van der Waals surface area contributed by atoms with Crippen LogP contribution in [0.4, 0.5) is 0 Å². The maximum absolute atomic E-state index is 12.4. The Morgan fingerprint density at radius 1 is 1.09 bits per heavy atom. The molecule has 0 aromatic heterocycles. The molecular weight excluding hydrogens is 336 g/mol. The van der Waals surface area contributed by atoms with Crippen molar-refractivity contribution >= 4 is 27.5 Å². The minimum Gasteiger partial charge on any atom is -0.358 e. The molecule has 2 aromatic carbocycles. The van der Waals surface area contributed by atoms with Crippen molar-refractivity contribution in [3.63, 3.8) is 0 Å². The molecule has 1 atom stereocenters. The van der Waals surface area contributed by atoms with Gasteiger partial charge in [-0.25, -0.2) is 8.42 Å². The van der Waals surface area contributed by atoms with Gasteiger partial charge < -0.3 is 5.32 Å². The quantitative estimate of drug-likeness (QED) is 0.834. The fourth-order valence-corrected chi connectivity index (χ4v) is 3.40. The summed E-state index contributed by atoms with van der Waals surface area (Å²) in [5.41, 5.74) is 0.861. The van der Waals surface area contributed by atoms with Crippen molar-refractivity contribution in [1.82, 2.24) is 10.0 Å². The topological polar surface area (TPSA) is 75.3 Å². The molecule has 2 aromatic rings. The molecule has 0 aliphatic heterocycles. The lowest BCUT2D eigenvalue weighted by Gasteiger charge is -2.17. The molecule has 7 heteroatoms. The van der Waals surface area contributed by atoms with Crippen LogP contribution >= 0.6 is 11.6 Å². The lowest BCUT2D eigenvalue weighted by atomic mass is 10.1. The van der Waals surface area contributed by atoms with Gasteiger partial charge in [0.25, 0.3) is 0 Å². The second-order valence-corrected chi connectivity index (χ2v) is 7.08. The molecule has 0 bridgehead atoms. The first-order chi connectivity index (χ1) is 10.9. The summed E-state index contributed by atoms with van der Waals surface area (Å²) in [7, 11) is -2.35. The number of nitrogens with one attached hydrogen (secondary N) is 2. The summed E-state index contributed by atoms with van der Waals surface area (Å²) >= 11 is 5.77. The Bertz CT molecular complexity index is 762. The van der Waals surface area contributed by atoms with Crippen molar-refractivity contribution in [3.8, 4) is 0 Å². The summed E-state index contributed by atoms with van der Waals surface area (Å²) in [5, 5.41) is 2.92. The van der Waals surface area contributed by atoms with Crippen LogP contribution in [0.1, 0.15) is 5.56 Å². The van der Waals surface area contributed by atoms with Crippen molar-refractivity contribution in [1.29, 1.82) is 0 Å². The number of hydrogen-bond acceptors (Lipinski definition) is 3. The average molecular weight is 353 g/mol. The smallest absolute Gasteiger partial charge is 0.241 e. The van der Waals surface area contributed by atoms with E-state index in [1.807, 2.05) is 30.3 Å². The number of benzene rings is 2. The van der Waals surface area contributed by atoms with Crippen LogP contribution in [0.3, 0.4) is 0 Å². The highest BCUT2D eigenvalue weighted by Crippen LogP contribution is 2.15. The molecule has 122 valence electrons. The van der Waals surface area contributed by atoms with Crippen molar-refractivity contribution in [3.05, 3.63) is 65.2 Å². The number of rotatable bonds is 6. The molecule has 23 heavy (non-hydrogen) atoms.